The molecule has 0 atom stereocenters. The Kier molecular flexibility index (Phi) is 4.47. The summed E-state index contributed by atoms with van der Waals surface area (Å²) in [5, 5.41) is 9.86. The van der Waals surface area contributed by atoms with Gasteiger partial charge in [0.05, 0.1) is 24.8 Å². The van der Waals surface area contributed by atoms with Crippen molar-refractivity contribution in [3.8, 4) is 22.1 Å². The van der Waals surface area contributed by atoms with Gasteiger partial charge < -0.3 is 14.5 Å². The lowest BCUT2D eigenvalue weighted by Gasteiger charge is -2.05. The molecule has 0 bridgehead atoms. The zero-order valence-corrected chi connectivity index (χ0v) is 15.5. The predicted molar refractivity (Wildman–Crippen MR) is 103 cm³/mol. The fourth-order valence-corrected chi connectivity index (χ4v) is 3.39. The van der Waals surface area contributed by atoms with Crippen molar-refractivity contribution in [2.45, 2.75) is 6.92 Å². The van der Waals surface area contributed by atoms with Gasteiger partial charge in [-0.15, -0.1) is 11.3 Å². The summed E-state index contributed by atoms with van der Waals surface area (Å²) in [6.45, 7) is 1.86. The van der Waals surface area contributed by atoms with Crippen LogP contribution >= 0.6 is 11.3 Å². The van der Waals surface area contributed by atoms with E-state index in [-0.39, 0.29) is 11.7 Å². The molecule has 136 valence electrons. The molecule has 0 saturated carbocycles. The number of amides is 1. The molecule has 1 N–H and O–H groups in total. The predicted octanol–water partition coefficient (Wildman–Crippen LogP) is 4.16. The van der Waals surface area contributed by atoms with Gasteiger partial charge in [0.2, 0.25) is 5.13 Å². The standard InChI is InChI=1S/C19H16N4O3S/c1-12-9-17(21-18(24)16-7-4-8-26-16)23(22-12)19-20-15(11-27-19)13-5-3-6-14(10-13)25-2/h3-11H,1-2H3,(H,21,24). The van der Waals surface area contributed by atoms with Crippen LogP contribution in [0.5, 0.6) is 5.75 Å². The van der Waals surface area contributed by atoms with Crippen molar-refractivity contribution < 1.29 is 13.9 Å². The largest absolute Gasteiger partial charge is 0.497 e. The van der Waals surface area contributed by atoms with E-state index >= 15 is 0 Å². The summed E-state index contributed by atoms with van der Waals surface area (Å²) >= 11 is 1.44. The minimum atomic E-state index is -0.342. The number of methoxy groups -OCH3 is 1. The van der Waals surface area contributed by atoms with E-state index in [0.717, 1.165) is 22.7 Å². The van der Waals surface area contributed by atoms with Crippen molar-refractivity contribution in [2.75, 3.05) is 12.4 Å². The second-order valence-electron chi connectivity index (χ2n) is 5.76. The highest BCUT2D eigenvalue weighted by atomic mass is 32.1. The zero-order valence-electron chi connectivity index (χ0n) is 14.7. The van der Waals surface area contributed by atoms with Gasteiger partial charge >= 0.3 is 0 Å². The molecule has 27 heavy (non-hydrogen) atoms. The molecule has 0 fully saturated rings. The van der Waals surface area contributed by atoms with E-state index in [1.54, 1.807) is 30.0 Å². The normalized spacial score (nSPS) is 10.7. The average Bonchev–Trinajstić information content (AvgIpc) is 3.42. The van der Waals surface area contributed by atoms with E-state index in [1.165, 1.54) is 17.6 Å². The van der Waals surface area contributed by atoms with E-state index in [1.807, 2.05) is 36.6 Å². The van der Waals surface area contributed by atoms with Crippen LogP contribution in [0.1, 0.15) is 16.2 Å². The highest BCUT2D eigenvalue weighted by molar-refractivity contribution is 7.12. The molecule has 3 heterocycles. The van der Waals surface area contributed by atoms with Gasteiger partial charge in [-0.3, -0.25) is 4.79 Å². The summed E-state index contributed by atoms with van der Waals surface area (Å²) in [5.41, 5.74) is 2.52. The number of benzene rings is 1. The molecule has 0 aliphatic carbocycles. The Labute approximate surface area is 159 Å². The number of anilines is 1. The van der Waals surface area contributed by atoms with Crippen LogP contribution in [0.3, 0.4) is 0 Å². The number of hydrogen-bond donors (Lipinski definition) is 1. The molecule has 1 amide bonds. The van der Waals surface area contributed by atoms with Gasteiger partial charge in [0.25, 0.3) is 5.91 Å². The maximum atomic E-state index is 12.3. The summed E-state index contributed by atoms with van der Waals surface area (Å²) in [6.07, 6.45) is 1.46. The highest BCUT2D eigenvalue weighted by Crippen LogP contribution is 2.28. The Hall–Kier alpha value is -3.39. The number of aromatic nitrogens is 3. The van der Waals surface area contributed by atoms with Gasteiger partial charge in [-0.1, -0.05) is 12.1 Å². The zero-order chi connectivity index (χ0) is 18.8. The molecule has 0 saturated heterocycles. The molecule has 0 radical (unpaired) electrons. The molecule has 3 aromatic heterocycles. The topological polar surface area (TPSA) is 82.2 Å². The number of aryl methyl sites for hydroxylation is 1. The van der Waals surface area contributed by atoms with E-state index in [2.05, 4.69) is 15.4 Å². The molecular weight excluding hydrogens is 364 g/mol. The third-order valence-electron chi connectivity index (χ3n) is 3.86. The maximum Gasteiger partial charge on any atom is 0.292 e. The quantitative estimate of drug-likeness (QED) is 0.562. The molecular formula is C19H16N4O3S. The first kappa shape index (κ1) is 17.0. The van der Waals surface area contributed by atoms with Gasteiger partial charge in [0, 0.05) is 17.0 Å². The van der Waals surface area contributed by atoms with Crippen LogP contribution < -0.4 is 10.1 Å². The van der Waals surface area contributed by atoms with Gasteiger partial charge in [-0.25, -0.2) is 4.98 Å². The molecule has 0 aliphatic rings. The summed E-state index contributed by atoms with van der Waals surface area (Å²) in [5.74, 6) is 1.19. The van der Waals surface area contributed by atoms with Crippen LogP contribution in [0.25, 0.3) is 16.4 Å². The van der Waals surface area contributed by atoms with Crippen molar-refractivity contribution in [1.82, 2.24) is 14.8 Å². The van der Waals surface area contributed by atoms with Crippen molar-refractivity contribution in [3.05, 3.63) is 65.6 Å². The van der Waals surface area contributed by atoms with Crippen LogP contribution in [-0.4, -0.2) is 27.8 Å². The first-order valence-electron chi connectivity index (χ1n) is 8.16. The molecule has 0 spiro atoms. The first-order chi connectivity index (χ1) is 13.1. The lowest BCUT2D eigenvalue weighted by atomic mass is 10.2. The van der Waals surface area contributed by atoms with Crippen LogP contribution in [0.4, 0.5) is 5.82 Å². The molecule has 7 nitrogen and oxygen atoms in total. The number of thiazole rings is 1. The van der Waals surface area contributed by atoms with Crippen LogP contribution in [-0.2, 0) is 0 Å². The average molecular weight is 380 g/mol. The number of ether oxygens (including phenoxy) is 1. The van der Waals surface area contributed by atoms with Crippen molar-refractivity contribution in [3.63, 3.8) is 0 Å². The van der Waals surface area contributed by atoms with E-state index in [4.69, 9.17) is 9.15 Å². The van der Waals surface area contributed by atoms with Crippen LogP contribution in [0.15, 0.2) is 58.5 Å². The molecule has 4 rings (SSSR count). The summed E-state index contributed by atoms with van der Waals surface area (Å²) in [6, 6.07) is 12.7. The summed E-state index contributed by atoms with van der Waals surface area (Å²) < 4.78 is 12.0. The monoisotopic (exact) mass is 380 g/mol. The Balaban J connectivity index is 1.64. The van der Waals surface area contributed by atoms with E-state index in [0.29, 0.717) is 10.9 Å². The second-order valence-corrected chi connectivity index (χ2v) is 6.60. The molecule has 1 aromatic carbocycles. The third kappa shape index (κ3) is 3.47. The maximum absolute atomic E-state index is 12.3. The number of carbonyl (C=O) groups is 1. The van der Waals surface area contributed by atoms with Crippen LogP contribution in [0.2, 0.25) is 0 Å². The number of furan rings is 1. The smallest absolute Gasteiger partial charge is 0.292 e. The Morgan fingerprint density at radius 1 is 1.26 bits per heavy atom. The van der Waals surface area contributed by atoms with E-state index in [9.17, 15) is 4.79 Å². The second kappa shape index (κ2) is 7.08. The van der Waals surface area contributed by atoms with Crippen LogP contribution in [0, 0.1) is 6.92 Å². The fraction of sp³-hybridized carbons (Fsp3) is 0.105. The first-order valence-corrected chi connectivity index (χ1v) is 9.04. The van der Waals surface area contributed by atoms with Gasteiger partial charge in [-0.2, -0.15) is 9.78 Å². The Bertz CT molecular complexity index is 1080. The van der Waals surface area contributed by atoms with Gasteiger partial charge in [0.15, 0.2) is 5.76 Å². The van der Waals surface area contributed by atoms with Gasteiger partial charge in [-0.05, 0) is 31.2 Å². The third-order valence-corrected chi connectivity index (χ3v) is 4.67. The molecule has 4 aromatic rings. The minimum absolute atomic E-state index is 0.233. The van der Waals surface area contributed by atoms with E-state index < -0.39 is 0 Å². The lowest BCUT2D eigenvalue weighted by Crippen LogP contribution is -2.14. The summed E-state index contributed by atoms with van der Waals surface area (Å²) in [4.78, 5) is 16.9. The number of nitrogens with one attached hydrogen (secondary N) is 1. The minimum Gasteiger partial charge on any atom is -0.497 e. The highest BCUT2D eigenvalue weighted by Gasteiger charge is 2.16. The van der Waals surface area contributed by atoms with Crippen molar-refractivity contribution in [2.24, 2.45) is 0 Å². The Morgan fingerprint density at radius 3 is 2.93 bits per heavy atom. The number of rotatable bonds is 5. The SMILES string of the molecule is COc1cccc(-c2csc(-n3nc(C)cc3NC(=O)c3ccco3)n2)c1. The fourth-order valence-electron chi connectivity index (χ4n) is 2.60. The number of hydrogen-bond acceptors (Lipinski definition) is 6. The number of nitrogens with zero attached hydrogens (tertiary/aromatic N) is 3. The van der Waals surface area contributed by atoms with Crippen molar-refractivity contribution in [1.29, 1.82) is 0 Å². The summed E-state index contributed by atoms with van der Waals surface area (Å²) in [7, 11) is 1.63. The number of carbonyl (C=O) groups excluding carboxylic acids is 1. The lowest BCUT2D eigenvalue weighted by molar-refractivity contribution is 0.0996. The van der Waals surface area contributed by atoms with Crippen molar-refractivity contribution >= 4 is 23.1 Å². The Morgan fingerprint density at radius 2 is 2.15 bits per heavy atom. The molecule has 0 aliphatic heterocycles. The molecule has 8 heteroatoms. The molecule has 0 unspecified atom stereocenters. The van der Waals surface area contributed by atoms with Gasteiger partial charge in [0.1, 0.15) is 11.6 Å².